The van der Waals surface area contributed by atoms with Crippen LogP contribution in [0.3, 0.4) is 0 Å². The maximum absolute atomic E-state index is 12.5. The van der Waals surface area contributed by atoms with Crippen molar-refractivity contribution in [1.82, 2.24) is 14.8 Å². The number of aromatic nitrogens is 3. The van der Waals surface area contributed by atoms with Gasteiger partial charge in [0.15, 0.2) is 15.0 Å². The van der Waals surface area contributed by atoms with Gasteiger partial charge in [0.25, 0.3) is 5.91 Å². The van der Waals surface area contributed by atoms with E-state index in [0.717, 1.165) is 29.7 Å². The fourth-order valence-corrected chi connectivity index (χ4v) is 7.89. The Hall–Kier alpha value is -1.92. The number of thiophene rings is 1. The molecule has 1 atom stereocenters. The SMILES string of the molecule is Cn1c(C[C@H]2CCS(=O)(=O)C2)nnc1SCC(=O)Nc1sc2c(c1C(N)=O)CCC2. The van der Waals surface area contributed by atoms with E-state index >= 15 is 0 Å². The van der Waals surface area contributed by atoms with Gasteiger partial charge in [-0.1, -0.05) is 11.8 Å². The second-order valence-electron chi connectivity index (χ2n) is 7.69. The van der Waals surface area contributed by atoms with Crippen molar-refractivity contribution in [3.8, 4) is 0 Å². The van der Waals surface area contributed by atoms with Gasteiger partial charge in [0.1, 0.15) is 10.8 Å². The minimum Gasteiger partial charge on any atom is -0.365 e. The number of nitrogens with one attached hydrogen (secondary N) is 1. The smallest absolute Gasteiger partial charge is 0.251 e. The van der Waals surface area contributed by atoms with Gasteiger partial charge in [-0.25, -0.2) is 8.42 Å². The van der Waals surface area contributed by atoms with Crippen molar-refractivity contribution in [2.45, 2.75) is 37.3 Å². The fraction of sp³-hybridized carbons (Fsp3) is 0.556. The zero-order chi connectivity index (χ0) is 21.5. The summed E-state index contributed by atoms with van der Waals surface area (Å²) in [5, 5.41) is 12.2. The van der Waals surface area contributed by atoms with E-state index in [0.29, 0.717) is 34.4 Å². The molecule has 9 nitrogen and oxygen atoms in total. The molecule has 2 aromatic heterocycles. The van der Waals surface area contributed by atoms with Crippen molar-refractivity contribution in [1.29, 1.82) is 0 Å². The summed E-state index contributed by atoms with van der Waals surface area (Å²) in [5.41, 5.74) is 6.95. The molecule has 2 aliphatic rings. The predicted molar refractivity (Wildman–Crippen MR) is 116 cm³/mol. The van der Waals surface area contributed by atoms with E-state index < -0.39 is 15.7 Å². The Labute approximate surface area is 182 Å². The Morgan fingerprint density at radius 3 is 2.83 bits per heavy atom. The molecule has 12 heteroatoms. The Morgan fingerprint density at radius 2 is 2.13 bits per heavy atom. The summed E-state index contributed by atoms with van der Waals surface area (Å²) in [6.07, 6.45) is 3.94. The van der Waals surface area contributed by atoms with E-state index in [9.17, 15) is 18.0 Å². The molecule has 1 aliphatic carbocycles. The number of sulfone groups is 1. The quantitative estimate of drug-likeness (QED) is 0.581. The number of nitrogens with zero attached hydrogens (tertiary/aromatic N) is 3. The summed E-state index contributed by atoms with van der Waals surface area (Å²) >= 11 is 2.67. The predicted octanol–water partition coefficient (Wildman–Crippen LogP) is 1.17. The van der Waals surface area contributed by atoms with Crippen molar-refractivity contribution >= 4 is 49.8 Å². The molecule has 162 valence electrons. The highest BCUT2D eigenvalue weighted by Crippen LogP contribution is 2.39. The number of carbonyl (C=O) groups is 2. The molecule has 4 rings (SSSR count). The minimum atomic E-state index is -2.93. The number of anilines is 1. The van der Waals surface area contributed by atoms with Crippen LogP contribution < -0.4 is 11.1 Å². The lowest BCUT2D eigenvalue weighted by Gasteiger charge is -2.08. The third kappa shape index (κ3) is 4.40. The Kier molecular flexibility index (Phi) is 5.90. The monoisotopic (exact) mass is 469 g/mol. The van der Waals surface area contributed by atoms with Crippen LogP contribution in [0.15, 0.2) is 5.16 Å². The Morgan fingerprint density at radius 1 is 1.33 bits per heavy atom. The molecule has 3 N–H and O–H groups in total. The van der Waals surface area contributed by atoms with Crippen molar-refractivity contribution in [3.05, 3.63) is 21.8 Å². The van der Waals surface area contributed by atoms with Crippen LogP contribution in [0.25, 0.3) is 0 Å². The number of fused-ring (bicyclic) bond motifs is 1. The molecule has 0 bridgehead atoms. The number of carbonyl (C=O) groups excluding carboxylic acids is 2. The average Bonchev–Trinajstić information content (AvgIpc) is 3.39. The van der Waals surface area contributed by atoms with Gasteiger partial charge >= 0.3 is 0 Å². The normalized spacial score (nSPS) is 19.7. The number of thioether (sulfide) groups is 1. The molecule has 2 aromatic rings. The number of rotatable bonds is 7. The number of hydrogen-bond donors (Lipinski definition) is 2. The average molecular weight is 470 g/mol. The van der Waals surface area contributed by atoms with Crippen LogP contribution in [0.4, 0.5) is 5.00 Å². The fourth-order valence-electron chi connectivity index (χ4n) is 3.99. The maximum atomic E-state index is 12.5. The molecule has 1 saturated heterocycles. The highest BCUT2D eigenvalue weighted by atomic mass is 32.2. The van der Waals surface area contributed by atoms with E-state index in [1.54, 1.807) is 4.57 Å². The van der Waals surface area contributed by atoms with Crippen LogP contribution in [0.5, 0.6) is 0 Å². The lowest BCUT2D eigenvalue weighted by atomic mass is 10.1. The molecule has 0 saturated carbocycles. The van der Waals surface area contributed by atoms with Gasteiger partial charge in [0.2, 0.25) is 5.91 Å². The lowest BCUT2D eigenvalue weighted by Crippen LogP contribution is -2.19. The first-order valence-corrected chi connectivity index (χ1v) is 13.3. The standard InChI is InChI=1S/C18H23N5O4S3/c1-23-13(7-10-5-6-30(26,27)9-10)21-22-18(23)28-8-14(24)20-17-15(16(19)25)11-3-2-4-12(11)29-17/h10H,2-9H2,1H3,(H2,19,25)(H,20,24)/t10-/m1/s1. The van der Waals surface area contributed by atoms with Gasteiger partial charge in [-0.15, -0.1) is 21.5 Å². The van der Waals surface area contributed by atoms with Gasteiger partial charge in [-0.05, 0) is 37.2 Å². The third-order valence-corrected chi connectivity index (χ3v) is 9.54. The van der Waals surface area contributed by atoms with Crippen LogP contribution in [0, 0.1) is 5.92 Å². The maximum Gasteiger partial charge on any atom is 0.251 e. The number of hydrogen-bond acceptors (Lipinski definition) is 8. The molecular weight excluding hydrogens is 446 g/mol. The van der Waals surface area contributed by atoms with Gasteiger partial charge < -0.3 is 15.6 Å². The third-order valence-electron chi connectivity index (χ3n) is 5.48. The molecule has 3 heterocycles. The second kappa shape index (κ2) is 8.31. The van der Waals surface area contributed by atoms with Crippen LogP contribution >= 0.6 is 23.1 Å². The largest absolute Gasteiger partial charge is 0.365 e. The zero-order valence-electron chi connectivity index (χ0n) is 16.5. The molecule has 1 fully saturated rings. The highest BCUT2D eigenvalue weighted by molar-refractivity contribution is 7.99. The van der Waals surface area contributed by atoms with Gasteiger partial charge in [0.05, 0.1) is 22.8 Å². The number of aryl methyl sites for hydroxylation is 1. The summed E-state index contributed by atoms with van der Waals surface area (Å²) in [4.78, 5) is 25.4. The van der Waals surface area contributed by atoms with Crippen LogP contribution in [0.1, 0.15) is 39.5 Å². The molecule has 1 aliphatic heterocycles. The van der Waals surface area contributed by atoms with E-state index in [4.69, 9.17) is 5.73 Å². The van der Waals surface area contributed by atoms with Crippen molar-refractivity contribution in [2.24, 2.45) is 18.7 Å². The summed E-state index contributed by atoms with van der Waals surface area (Å²) in [7, 11) is -1.12. The lowest BCUT2D eigenvalue weighted by molar-refractivity contribution is -0.113. The van der Waals surface area contributed by atoms with Gasteiger partial charge in [-0.3, -0.25) is 9.59 Å². The van der Waals surface area contributed by atoms with Crippen molar-refractivity contribution in [2.75, 3.05) is 22.6 Å². The number of amides is 2. The van der Waals surface area contributed by atoms with Gasteiger partial charge in [0, 0.05) is 18.3 Å². The van der Waals surface area contributed by atoms with Crippen molar-refractivity contribution in [3.63, 3.8) is 0 Å². The molecule has 0 aromatic carbocycles. The van der Waals surface area contributed by atoms with E-state index in [1.807, 2.05) is 7.05 Å². The molecule has 2 amide bonds. The van der Waals surface area contributed by atoms with E-state index in [1.165, 1.54) is 23.1 Å². The topological polar surface area (TPSA) is 137 Å². The zero-order valence-corrected chi connectivity index (χ0v) is 19.0. The second-order valence-corrected chi connectivity index (χ2v) is 12.0. The molecule has 30 heavy (non-hydrogen) atoms. The van der Waals surface area contributed by atoms with Crippen LogP contribution in [0.2, 0.25) is 0 Å². The van der Waals surface area contributed by atoms with E-state index in [2.05, 4.69) is 15.5 Å². The van der Waals surface area contributed by atoms with Gasteiger partial charge in [-0.2, -0.15) is 0 Å². The minimum absolute atomic E-state index is 0.0621. The Bertz CT molecular complexity index is 1110. The first-order valence-electron chi connectivity index (χ1n) is 9.69. The van der Waals surface area contributed by atoms with Crippen molar-refractivity contribution < 1.29 is 18.0 Å². The molecule has 0 radical (unpaired) electrons. The van der Waals surface area contributed by atoms with Crippen LogP contribution in [-0.2, 0) is 40.9 Å². The molecular formula is C18H23N5O4S3. The first kappa shape index (κ1) is 21.3. The molecule has 0 spiro atoms. The molecule has 0 unspecified atom stereocenters. The summed E-state index contributed by atoms with van der Waals surface area (Å²) in [6, 6.07) is 0. The van der Waals surface area contributed by atoms with Crippen LogP contribution in [-0.4, -0.2) is 52.3 Å². The Balaban J connectivity index is 1.36. The summed E-state index contributed by atoms with van der Waals surface area (Å²) in [6.45, 7) is 0. The first-order chi connectivity index (χ1) is 14.2. The highest BCUT2D eigenvalue weighted by Gasteiger charge is 2.29. The summed E-state index contributed by atoms with van der Waals surface area (Å²) in [5.74, 6) is 0.565. The summed E-state index contributed by atoms with van der Waals surface area (Å²) < 4.78 is 25.1. The van der Waals surface area contributed by atoms with E-state index in [-0.39, 0.29) is 29.1 Å². The number of primary amides is 1. The number of nitrogens with two attached hydrogens (primary N) is 1.